The maximum Gasteiger partial charge on any atom is 0.285 e. The lowest BCUT2D eigenvalue weighted by molar-refractivity contribution is 0.0871. The van der Waals surface area contributed by atoms with Gasteiger partial charge in [-0.2, -0.15) is 8.42 Å². The molecule has 1 aromatic heterocycles. The van der Waals surface area contributed by atoms with Gasteiger partial charge in [-0.15, -0.1) is 0 Å². The van der Waals surface area contributed by atoms with Crippen LogP contribution in [0, 0.1) is 0 Å². The number of fused-ring (bicyclic) bond motifs is 1. The van der Waals surface area contributed by atoms with E-state index in [9.17, 15) is 13.2 Å². The monoisotopic (exact) mass is 269 g/mol. The summed E-state index contributed by atoms with van der Waals surface area (Å²) in [4.78, 5) is 15.8. The third-order valence-electron chi connectivity index (χ3n) is 2.63. The molecule has 2 rings (SSSR count). The van der Waals surface area contributed by atoms with E-state index >= 15 is 0 Å². The molecule has 7 heteroatoms. The zero-order valence-corrected chi connectivity index (χ0v) is 11.1. The first-order valence-corrected chi connectivity index (χ1v) is 7.14. The van der Waals surface area contributed by atoms with Crippen molar-refractivity contribution >= 4 is 15.9 Å². The standard InChI is InChI=1S/C11H15N3O3S/c1-8(2)12-6-7-14-11(15)9-4-3-5-13-10(9)18(14,16)17/h3-5,8,12H,6-7H2,1-2H3. The second-order valence-electron chi connectivity index (χ2n) is 4.35. The normalized spacial score (nSPS) is 17.3. The number of aromatic nitrogens is 1. The van der Waals surface area contributed by atoms with Crippen LogP contribution in [-0.2, 0) is 10.0 Å². The van der Waals surface area contributed by atoms with Crippen LogP contribution in [-0.4, -0.2) is 42.7 Å². The summed E-state index contributed by atoms with van der Waals surface area (Å²) in [6.07, 6.45) is 1.37. The van der Waals surface area contributed by atoms with Gasteiger partial charge < -0.3 is 5.32 Å². The molecule has 1 aliphatic rings. The number of carbonyl (C=O) groups excluding carboxylic acids is 1. The van der Waals surface area contributed by atoms with Crippen LogP contribution in [0.5, 0.6) is 0 Å². The molecular weight excluding hydrogens is 254 g/mol. The van der Waals surface area contributed by atoms with Crippen LogP contribution >= 0.6 is 0 Å². The van der Waals surface area contributed by atoms with Crippen LogP contribution in [0.3, 0.4) is 0 Å². The first-order valence-electron chi connectivity index (χ1n) is 5.70. The third-order valence-corrected chi connectivity index (χ3v) is 4.37. The van der Waals surface area contributed by atoms with E-state index in [1.54, 1.807) is 6.07 Å². The van der Waals surface area contributed by atoms with Gasteiger partial charge in [0.25, 0.3) is 15.9 Å². The Hall–Kier alpha value is -1.47. The van der Waals surface area contributed by atoms with Crippen molar-refractivity contribution in [3.8, 4) is 0 Å². The molecule has 0 fully saturated rings. The Balaban J connectivity index is 2.23. The SMILES string of the molecule is CC(C)NCCN1C(=O)c2cccnc2S1(=O)=O. The fraction of sp³-hybridized carbons (Fsp3) is 0.455. The van der Waals surface area contributed by atoms with Crippen molar-refractivity contribution in [2.24, 2.45) is 0 Å². The number of hydrogen-bond donors (Lipinski definition) is 1. The molecule has 0 aliphatic carbocycles. The fourth-order valence-corrected chi connectivity index (χ4v) is 3.27. The van der Waals surface area contributed by atoms with E-state index in [2.05, 4.69) is 10.3 Å². The molecule has 0 spiro atoms. The zero-order valence-electron chi connectivity index (χ0n) is 10.3. The van der Waals surface area contributed by atoms with Crippen molar-refractivity contribution in [1.82, 2.24) is 14.6 Å². The quantitative estimate of drug-likeness (QED) is 0.846. The number of pyridine rings is 1. The number of carbonyl (C=O) groups is 1. The van der Waals surface area contributed by atoms with Gasteiger partial charge in [-0.25, -0.2) is 9.29 Å². The average Bonchev–Trinajstić information content (AvgIpc) is 2.50. The lowest BCUT2D eigenvalue weighted by atomic mass is 10.3. The number of nitrogens with one attached hydrogen (secondary N) is 1. The van der Waals surface area contributed by atoms with E-state index in [4.69, 9.17) is 0 Å². The van der Waals surface area contributed by atoms with E-state index < -0.39 is 15.9 Å². The predicted octanol–water partition coefficient (Wildman–Crippen LogP) is 0.224. The summed E-state index contributed by atoms with van der Waals surface area (Å²) in [5.41, 5.74) is 0.155. The molecule has 0 atom stereocenters. The smallest absolute Gasteiger partial charge is 0.285 e. The predicted molar refractivity (Wildman–Crippen MR) is 65.6 cm³/mol. The van der Waals surface area contributed by atoms with Crippen molar-refractivity contribution in [2.45, 2.75) is 24.9 Å². The van der Waals surface area contributed by atoms with E-state index in [-0.39, 0.29) is 23.2 Å². The number of rotatable bonds is 4. The topological polar surface area (TPSA) is 79.4 Å². The molecule has 0 saturated heterocycles. The van der Waals surface area contributed by atoms with Crippen LogP contribution in [0.25, 0.3) is 0 Å². The van der Waals surface area contributed by atoms with Gasteiger partial charge in [-0.1, -0.05) is 13.8 Å². The summed E-state index contributed by atoms with van der Waals surface area (Å²) in [6.45, 7) is 4.46. The number of sulfonamides is 1. The number of nitrogens with zero attached hydrogens (tertiary/aromatic N) is 2. The zero-order chi connectivity index (χ0) is 13.3. The molecule has 0 aromatic carbocycles. The van der Waals surface area contributed by atoms with Gasteiger partial charge in [0.1, 0.15) is 0 Å². The van der Waals surface area contributed by atoms with Crippen LogP contribution in [0.1, 0.15) is 24.2 Å². The van der Waals surface area contributed by atoms with Gasteiger partial charge in [0.2, 0.25) is 0 Å². The van der Waals surface area contributed by atoms with Gasteiger partial charge >= 0.3 is 0 Å². The molecule has 0 unspecified atom stereocenters. The highest BCUT2D eigenvalue weighted by atomic mass is 32.2. The molecule has 1 aromatic rings. The summed E-state index contributed by atoms with van der Waals surface area (Å²) < 4.78 is 25.0. The van der Waals surface area contributed by atoms with Crippen molar-refractivity contribution in [1.29, 1.82) is 0 Å². The van der Waals surface area contributed by atoms with E-state index in [1.165, 1.54) is 12.3 Å². The van der Waals surface area contributed by atoms with Gasteiger partial charge in [0.15, 0.2) is 5.03 Å². The molecule has 18 heavy (non-hydrogen) atoms. The van der Waals surface area contributed by atoms with Gasteiger partial charge in [0, 0.05) is 18.8 Å². The van der Waals surface area contributed by atoms with Crippen LogP contribution in [0.15, 0.2) is 23.4 Å². The van der Waals surface area contributed by atoms with E-state index in [1.807, 2.05) is 13.8 Å². The molecule has 1 aliphatic heterocycles. The summed E-state index contributed by atoms with van der Waals surface area (Å²) >= 11 is 0. The molecular formula is C11H15N3O3S. The largest absolute Gasteiger partial charge is 0.313 e. The third kappa shape index (κ3) is 2.11. The van der Waals surface area contributed by atoms with Crippen LogP contribution < -0.4 is 5.32 Å². The maximum absolute atomic E-state index is 12.1. The van der Waals surface area contributed by atoms with Gasteiger partial charge in [-0.05, 0) is 12.1 Å². The summed E-state index contributed by atoms with van der Waals surface area (Å²) in [5, 5.41) is 2.94. The molecule has 0 saturated carbocycles. The van der Waals surface area contributed by atoms with Crippen LogP contribution in [0.4, 0.5) is 0 Å². The Kier molecular flexibility index (Phi) is 3.36. The lowest BCUT2D eigenvalue weighted by Gasteiger charge is -2.16. The van der Waals surface area contributed by atoms with Crippen LogP contribution in [0.2, 0.25) is 0 Å². The summed E-state index contributed by atoms with van der Waals surface area (Å²) in [5.74, 6) is -0.497. The second-order valence-corrected chi connectivity index (χ2v) is 6.12. The average molecular weight is 269 g/mol. The molecule has 1 amide bonds. The minimum absolute atomic E-state index is 0.121. The highest BCUT2D eigenvalue weighted by Gasteiger charge is 2.41. The highest BCUT2D eigenvalue weighted by Crippen LogP contribution is 2.27. The minimum Gasteiger partial charge on any atom is -0.313 e. The van der Waals surface area contributed by atoms with Crippen molar-refractivity contribution in [2.75, 3.05) is 13.1 Å². The summed E-state index contributed by atoms with van der Waals surface area (Å²) in [7, 11) is -3.76. The maximum atomic E-state index is 12.1. The molecule has 0 bridgehead atoms. The fourth-order valence-electron chi connectivity index (χ4n) is 1.78. The van der Waals surface area contributed by atoms with Gasteiger partial charge in [0.05, 0.1) is 12.1 Å². The lowest BCUT2D eigenvalue weighted by Crippen LogP contribution is -2.38. The second kappa shape index (κ2) is 4.66. The molecule has 0 radical (unpaired) electrons. The van der Waals surface area contributed by atoms with Crippen molar-refractivity contribution in [3.63, 3.8) is 0 Å². The number of amides is 1. The summed E-state index contributed by atoms with van der Waals surface area (Å²) in [6, 6.07) is 3.28. The van der Waals surface area contributed by atoms with E-state index in [0.717, 1.165) is 4.31 Å². The molecule has 1 N–H and O–H groups in total. The Morgan fingerprint density at radius 3 is 2.78 bits per heavy atom. The first-order chi connectivity index (χ1) is 8.44. The van der Waals surface area contributed by atoms with Crippen molar-refractivity contribution in [3.05, 3.63) is 23.9 Å². The number of hydrogen-bond acceptors (Lipinski definition) is 5. The Bertz CT molecular complexity index is 569. The highest BCUT2D eigenvalue weighted by molar-refractivity contribution is 7.90. The molecule has 98 valence electrons. The molecule has 6 nitrogen and oxygen atoms in total. The Labute approximate surface area is 106 Å². The Morgan fingerprint density at radius 1 is 1.44 bits per heavy atom. The minimum atomic E-state index is -3.76. The van der Waals surface area contributed by atoms with Gasteiger partial charge in [-0.3, -0.25) is 4.79 Å². The Morgan fingerprint density at radius 2 is 2.17 bits per heavy atom. The molecule has 2 heterocycles. The first kappa shape index (κ1) is 13.0. The van der Waals surface area contributed by atoms with Crippen molar-refractivity contribution < 1.29 is 13.2 Å². The van der Waals surface area contributed by atoms with E-state index in [0.29, 0.717) is 6.54 Å².